The molecule has 0 saturated heterocycles. The van der Waals surface area contributed by atoms with E-state index in [0.29, 0.717) is 5.56 Å². The highest BCUT2D eigenvalue weighted by molar-refractivity contribution is 5.93. The third-order valence-electron chi connectivity index (χ3n) is 3.43. The summed E-state index contributed by atoms with van der Waals surface area (Å²) in [6.45, 7) is 1.53. The van der Waals surface area contributed by atoms with E-state index < -0.39 is 5.91 Å². The average molecular weight is 278 g/mol. The van der Waals surface area contributed by atoms with E-state index in [1.54, 1.807) is 13.0 Å². The maximum atomic E-state index is 11.7. The first kappa shape index (κ1) is 14.3. The number of amides is 1. The van der Waals surface area contributed by atoms with Gasteiger partial charge in [-0.3, -0.25) is 9.59 Å². The van der Waals surface area contributed by atoms with Crippen LogP contribution in [0, 0.1) is 12.8 Å². The minimum absolute atomic E-state index is 0.0239. The van der Waals surface area contributed by atoms with E-state index in [1.807, 2.05) is 0 Å². The normalized spacial score (nSPS) is 15.1. The van der Waals surface area contributed by atoms with Crippen LogP contribution in [-0.4, -0.2) is 23.7 Å². The van der Waals surface area contributed by atoms with Gasteiger partial charge < -0.3 is 15.2 Å². The molecule has 2 rings (SSSR count). The van der Waals surface area contributed by atoms with Gasteiger partial charge in [-0.1, -0.05) is 12.8 Å². The van der Waals surface area contributed by atoms with Crippen molar-refractivity contribution in [3.05, 3.63) is 23.5 Å². The average Bonchev–Trinajstić information content (AvgIpc) is 2.94. The Balaban J connectivity index is 1.93. The van der Waals surface area contributed by atoms with E-state index in [-0.39, 0.29) is 30.1 Å². The van der Waals surface area contributed by atoms with E-state index in [9.17, 15) is 9.59 Å². The molecule has 6 heteroatoms. The highest BCUT2D eigenvalue weighted by Gasteiger charge is 2.24. The highest BCUT2D eigenvalue weighted by Crippen LogP contribution is 2.26. The van der Waals surface area contributed by atoms with Crippen LogP contribution in [0.1, 0.15) is 41.7 Å². The van der Waals surface area contributed by atoms with Crippen molar-refractivity contribution in [1.29, 1.82) is 0 Å². The second kappa shape index (κ2) is 6.36. The molecule has 0 unspecified atom stereocenters. The molecule has 1 aliphatic rings. The Morgan fingerprint density at radius 3 is 2.75 bits per heavy atom. The van der Waals surface area contributed by atoms with Crippen LogP contribution in [0.2, 0.25) is 0 Å². The number of hydrogen-bond donors (Lipinski definition) is 1. The van der Waals surface area contributed by atoms with Crippen LogP contribution in [0.15, 0.2) is 12.3 Å². The van der Waals surface area contributed by atoms with Crippen molar-refractivity contribution in [2.24, 2.45) is 11.7 Å². The number of esters is 1. The lowest BCUT2D eigenvalue weighted by Crippen LogP contribution is -2.20. The van der Waals surface area contributed by atoms with Crippen molar-refractivity contribution in [2.75, 3.05) is 6.79 Å². The summed E-state index contributed by atoms with van der Waals surface area (Å²) < 4.78 is 10.4. The molecule has 1 heterocycles. The van der Waals surface area contributed by atoms with Crippen LogP contribution in [0.5, 0.6) is 5.75 Å². The first-order valence-electron chi connectivity index (χ1n) is 6.64. The van der Waals surface area contributed by atoms with Crippen LogP contribution < -0.4 is 10.5 Å². The van der Waals surface area contributed by atoms with E-state index in [0.717, 1.165) is 25.7 Å². The zero-order valence-corrected chi connectivity index (χ0v) is 11.4. The minimum atomic E-state index is -0.675. The van der Waals surface area contributed by atoms with Gasteiger partial charge in [0.05, 0.1) is 5.92 Å². The van der Waals surface area contributed by atoms with Gasteiger partial charge in [0.2, 0.25) is 6.79 Å². The molecule has 0 aliphatic heterocycles. The standard InChI is InChI=1S/C14H18N2O4/c1-9-6-7-16-11(13(15)17)12(9)19-8-20-14(18)10-4-2-3-5-10/h6-7,10H,2-5,8H2,1H3,(H2,15,17). The summed E-state index contributed by atoms with van der Waals surface area (Å²) in [7, 11) is 0. The summed E-state index contributed by atoms with van der Waals surface area (Å²) in [5, 5.41) is 0. The molecule has 6 nitrogen and oxygen atoms in total. The van der Waals surface area contributed by atoms with Gasteiger partial charge in [-0.05, 0) is 31.4 Å². The Morgan fingerprint density at radius 1 is 1.40 bits per heavy atom. The van der Waals surface area contributed by atoms with Crippen molar-refractivity contribution in [1.82, 2.24) is 4.98 Å². The van der Waals surface area contributed by atoms with E-state index in [4.69, 9.17) is 15.2 Å². The molecule has 2 N–H and O–H groups in total. The summed E-state index contributed by atoms with van der Waals surface area (Å²) in [6.07, 6.45) is 5.35. The number of pyridine rings is 1. The summed E-state index contributed by atoms with van der Waals surface area (Å²) in [5.74, 6) is -0.682. The van der Waals surface area contributed by atoms with Crippen molar-refractivity contribution in [3.63, 3.8) is 0 Å². The summed E-state index contributed by atoms with van der Waals surface area (Å²) in [4.78, 5) is 26.9. The zero-order chi connectivity index (χ0) is 14.5. The molecule has 1 amide bonds. The van der Waals surface area contributed by atoms with Crippen LogP contribution in [-0.2, 0) is 9.53 Å². The first-order chi connectivity index (χ1) is 9.59. The van der Waals surface area contributed by atoms with E-state index in [1.165, 1.54) is 6.20 Å². The lowest BCUT2D eigenvalue weighted by Gasteiger charge is -2.13. The van der Waals surface area contributed by atoms with Gasteiger partial charge in [-0.25, -0.2) is 4.98 Å². The number of ether oxygens (including phenoxy) is 2. The van der Waals surface area contributed by atoms with Gasteiger partial charge in [0.1, 0.15) is 0 Å². The number of nitrogens with zero attached hydrogens (tertiary/aromatic N) is 1. The molecular formula is C14H18N2O4. The number of rotatable bonds is 5. The summed E-state index contributed by atoms with van der Waals surface area (Å²) >= 11 is 0. The number of primary amides is 1. The lowest BCUT2D eigenvalue weighted by molar-refractivity contribution is -0.155. The molecule has 0 spiro atoms. The first-order valence-corrected chi connectivity index (χ1v) is 6.64. The third-order valence-corrected chi connectivity index (χ3v) is 3.43. The third kappa shape index (κ3) is 3.26. The lowest BCUT2D eigenvalue weighted by atomic mass is 10.1. The molecule has 0 radical (unpaired) electrons. The number of carbonyl (C=O) groups excluding carboxylic acids is 2. The van der Waals surface area contributed by atoms with Gasteiger partial charge >= 0.3 is 5.97 Å². The predicted molar refractivity (Wildman–Crippen MR) is 71.0 cm³/mol. The largest absolute Gasteiger partial charge is 0.455 e. The molecule has 108 valence electrons. The number of nitrogens with two attached hydrogens (primary N) is 1. The van der Waals surface area contributed by atoms with Gasteiger partial charge in [0, 0.05) is 6.20 Å². The Bertz CT molecular complexity index is 510. The Labute approximate surface area is 117 Å². The fraction of sp³-hybridized carbons (Fsp3) is 0.500. The Kier molecular flexibility index (Phi) is 4.55. The number of carbonyl (C=O) groups is 2. The van der Waals surface area contributed by atoms with Crippen LogP contribution in [0.4, 0.5) is 0 Å². The second-order valence-corrected chi connectivity index (χ2v) is 4.88. The predicted octanol–water partition coefficient (Wildman–Crippen LogP) is 1.56. The van der Waals surface area contributed by atoms with Crippen LogP contribution in [0.25, 0.3) is 0 Å². The van der Waals surface area contributed by atoms with Gasteiger partial charge in [0.25, 0.3) is 5.91 Å². The number of aryl methyl sites for hydroxylation is 1. The molecule has 1 aromatic heterocycles. The van der Waals surface area contributed by atoms with Crippen LogP contribution in [0.3, 0.4) is 0 Å². The van der Waals surface area contributed by atoms with Gasteiger partial charge in [0.15, 0.2) is 11.4 Å². The quantitative estimate of drug-likeness (QED) is 0.652. The number of aromatic nitrogens is 1. The van der Waals surface area contributed by atoms with Crippen molar-refractivity contribution in [2.45, 2.75) is 32.6 Å². The smallest absolute Gasteiger partial charge is 0.311 e. The molecule has 0 atom stereocenters. The van der Waals surface area contributed by atoms with Crippen molar-refractivity contribution < 1.29 is 19.1 Å². The molecule has 1 fully saturated rings. The fourth-order valence-corrected chi connectivity index (χ4v) is 2.33. The molecule has 0 bridgehead atoms. The highest BCUT2D eigenvalue weighted by atomic mass is 16.7. The molecule has 1 aliphatic carbocycles. The van der Waals surface area contributed by atoms with E-state index in [2.05, 4.69) is 4.98 Å². The second-order valence-electron chi connectivity index (χ2n) is 4.88. The number of hydrogen-bond acceptors (Lipinski definition) is 5. The zero-order valence-electron chi connectivity index (χ0n) is 11.4. The molecule has 20 heavy (non-hydrogen) atoms. The Morgan fingerprint density at radius 2 is 2.10 bits per heavy atom. The van der Waals surface area contributed by atoms with Crippen molar-refractivity contribution >= 4 is 11.9 Å². The van der Waals surface area contributed by atoms with Gasteiger partial charge in [-0.2, -0.15) is 0 Å². The monoisotopic (exact) mass is 278 g/mol. The maximum Gasteiger partial charge on any atom is 0.311 e. The Hall–Kier alpha value is -2.11. The molecule has 1 saturated carbocycles. The van der Waals surface area contributed by atoms with Crippen LogP contribution >= 0.6 is 0 Å². The van der Waals surface area contributed by atoms with E-state index >= 15 is 0 Å². The molecule has 0 aromatic carbocycles. The topological polar surface area (TPSA) is 91.5 Å². The summed E-state index contributed by atoms with van der Waals surface area (Å²) in [5.41, 5.74) is 5.98. The maximum absolute atomic E-state index is 11.7. The van der Waals surface area contributed by atoms with Crippen molar-refractivity contribution in [3.8, 4) is 5.75 Å². The summed E-state index contributed by atoms with van der Waals surface area (Å²) in [6, 6.07) is 1.70. The molecule has 1 aromatic rings. The minimum Gasteiger partial charge on any atom is -0.455 e. The fourth-order valence-electron chi connectivity index (χ4n) is 2.33. The SMILES string of the molecule is Cc1ccnc(C(N)=O)c1OCOC(=O)C1CCCC1. The molecular weight excluding hydrogens is 260 g/mol. The van der Waals surface area contributed by atoms with Gasteiger partial charge in [-0.15, -0.1) is 0 Å².